The molecule has 0 radical (unpaired) electrons. The number of nitrogens with one attached hydrogen (secondary N) is 2. The fourth-order valence-corrected chi connectivity index (χ4v) is 3.10. The van der Waals surface area contributed by atoms with Crippen LogP contribution in [0, 0.1) is 0 Å². The maximum Gasteiger partial charge on any atom is 0.368 e. The van der Waals surface area contributed by atoms with Gasteiger partial charge in [0.1, 0.15) is 6.54 Å². The van der Waals surface area contributed by atoms with Crippen LogP contribution in [0.15, 0.2) is 47.3 Å². The van der Waals surface area contributed by atoms with Crippen molar-refractivity contribution < 1.29 is 9.59 Å². The van der Waals surface area contributed by atoms with Gasteiger partial charge in [0.2, 0.25) is 5.91 Å². The standard InChI is InChI=1S/C19H16Cl2N6O3/c20-11-1-8-16(21)15(9-11)18(29)23-13-4-6-14(7-5-13)27-19(30)26(24-25-27)10-17(28)22-12-2-3-12/h1,4-9,12H,2-3,10H2,(H,22,28)(H,23,29). The van der Waals surface area contributed by atoms with E-state index in [1.807, 2.05) is 0 Å². The zero-order valence-electron chi connectivity index (χ0n) is 15.5. The molecule has 30 heavy (non-hydrogen) atoms. The average Bonchev–Trinajstić information content (AvgIpc) is 3.46. The minimum atomic E-state index is -0.538. The first-order valence-electron chi connectivity index (χ1n) is 9.10. The van der Waals surface area contributed by atoms with Gasteiger partial charge < -0.3 is 10.6 Å². The van der Waals surface area contributed by atoms with Crippen molar-refractivity contribution in [2.24, 2.45) is 0 Å². The number of anilines is 1. The zero-order chi connectivity index (χ0) is 21.3. The molecule has 2 aromatic carbocycles. The molecule has 0 bridgehead atoms. The van der Waals surface area contributed by atoms with E-state index in [9.17, 15) is 14.4 Å². The summed E-state index contributed by atoms with van der Waals surface area (Å²) < 4.78 is 2.07. The predicted octanol–water partition coefficient (Wildman–Crippen LogP) is 2.27. The molecule has 1 heterocycles. The number of hydrogen-bond donors (Lipinski definition) is 2. The van der Waals surface area contributed by atoms with Gasteiger partial charge in [0.25, 0.3) is 5.91 Å². The van der Waals surface area contributed by atoms with Crippen molar-refractivity contribution in [2.45, 2.75) is 25.4 Å². The Balaban J connectivity index is 1.46. The van der Waals surface area contributed by atoms with Crippen LogP contribution in [-0.2, 0) is 11.3 Å². The summed E-state index contributed by atoms with van der Waals surface area (Å²) in [6, 6.07) is 11.2. The number of carbonyl (C=O) groups is 2. The van der Waals surface area contributed by atoms with Crippen LogP contribution >= 0.6 is 23.2 Å². The number of hydrogen-bond acceptors (Lipinski definition) is 5. The van der Waals surface area contributed by atoms with E-state index in [1.165, 1.54) is 6.07 Å². The normalized spacial score (nSPS) is 13.1. The highest BCUT2D eigenvalue weighted by atomic mass is 35.5. The molecule has 4 rings (SSSR count). The quantitative estimate of drug-likeness (QED) is 0.603. The van der Waals surface area contributed by atoms with Gasteiger partial charge in [-0.05, 0) is 65.7 Å². The number of halogens is 2. The molecule has 0 saturated heterocycles. The molecule has 0 aliphatic heterocycles. The van der Waals surface area contributed by atoms with Crippen LogP contribution < -0.4 is 16.3 Å². The number of amides is 2. The lowest BCUT2D eigenvalue weighted by Gasteiger charge is -2.08. The third-order valence-corrected chi connectivity index (χ3v) is 4.98. The molecule has 9 nitrogen and oxygen atoms in total. The Morgan fingerprint density at radius 3 is 2.50 bits per heavy atom. The van der Waals surface area contributed by atoms with Crippen molar-refractivity contribution in [1.29, 1.82) is 0 Å². The monoisotopic (exact) mass is 446 g/mol. The maximum atomic E-state index is 12.4. The highest BCUT2D eigenvalue weighted by Gasteiger charge is 2.24. The summed E-state index contributed by atoms with van der Waals surface area (Å²) in [5.74, 6) is -0.690. The summed E-state index contributed by atoms with van der Waals surface area (Å²) in [4.78, 5) is 36.7. The van der Waals surface area contributed by atoms with E-state index in [4.69, 9.17) is 23.2 Å². The van der Waals surface area contributed by atoms with Gasteiger partial charge in [-0.3, -0.25) is 9.59 Å². The minimum absolute atomic E-state index is 0.191. The number of rotatable bonds is 6. The highest BCUT2D eigenvalue weighted by molar-refractivity contribution is 6.36. The second-order valence-corrected chi connectivity index (χ2v) is 7.64. The van der Waals surface area contributed by atoms with Gasteiger partial charge in [0.15, 0.2) is 0 Å². The topological polar surface area (TPSA) is 111 Å². The summed E-state index contributed by atoms with van der Waals surface area (Å²) in [5, 5.41) is 13.7. The Bertz CT molecular complexity index is 1170. The van der Waals surface area contributed by atoms with E-state index < -0.39 is 11.6 Å². The van der Waals surface area contributed by atoms with Crippen LogP contribution in [0.2, 0.25) is 10.0 Å². The van der Waals surface area contributed by atoms with Crippen LogP contribution in [0.3, 0.4) is 0 Å². The molecular weight excluding hydrogens is 431 g/mol. The maximum absolute atomic E-state index is 12.4. The SMILES string of the molecule is O=C(Cn1nnn(-c2ccc(NC(=O)c3cc(Cl)ccc3Cl)cc2)c1=O)NC1CC1. The fraction of sp³-hybridized carbons (Fsp3) is 0.211. The number of aromatic nitrogens is 4. The molecule has 11 heteroatoms. The number of carbonyl (C=O) groups excluding carboxylic acids is 2. The predicted molar refractivity (Wildman–Crippen MR) is 111 cm³/mol. The molecule has 0 atom stereocenters. The van der Waals surface area contributed by atoms with E-state index in [0.717, 1.165) is 22.2 Å². The lowest BCUT2D eigenvalue weighted by Crippen LogP contribution is -2.34. The van der Waals surface area contributed by atoms with Crippen molar-refractivity contribution in [3.05, 3.63) is 68.6 Å². The third kappa shape index (κ3) is 4.52. The third-order valence-electron chi connectivity index (χ3n) is 4.42. The summed E-state index contributed by atoms with van der Waals surface area (Å²) in [7, 11) is 0. The van der Waals surface area contributed by atoms with Crippen molar-refractivity contribution >= 4 is 40.7 Å². The second kappa shape index (κ2) is 8.29. The van der Waals surface area contributed by atoms with E-state index in [2.05, 4.69) is 21.1 Å². The number of nitrogens with zero attached hydrogens (tertiary/aromatic N) is 4. The van der Waals surface area contributed by atoms with Crippen LogP contribution in [0.1, 0.15) is 23.2 Å². The average molecular weight is 447 g/mol. The molecule has 1 aromatic heterocycles. The van der Waals surface area contributed by atoms with E-state index in [1.54, 1.807) is 36.4 Å². The van der Waals surface area contributed by atoms with Gasteiger partial charge in [-0.2, -0.15) is 9.36 Å². The smallest absolute Gasteiger partial charge is 0.352 e. The van der Waals surface area contributed by atoms with Crippen LogP contribution in [-0.4, -0.2) is 37.6 Å². The van der Waals surface area contributed by atoms with Crippen molar-refractivity contribution in [2.75, 3.05) is 5.32 Å². The van der Waals surface area contributed by atoms with Gasteiger partial charge in [-0.25, -0.2) is 4.79 Å². The molecule has 3 aromatic rings. The van der Waals surface area contributed by atoms with E-state index in [0.29, 0.717) is 16.4 Å². The first kappa shape index (κ1) is 20.1. The number of tetrazole rings is 1. The minimum Gasteiger partial charge on any atom is -0.352 e. The van der Waals surface area contributed by atoms with E-state index in [-0.39, 0.29) is 29.1 Å². The molecule has 0 unspecified atom stereocenters. The zero-order valence-corrected chi connectivity index (χ0v) is 17.0. The van der Waals surface area contributed by atoms with Crippen LogP contribution in [0.4, 0.5) is 5.69 Å². The Labute approximate surface area is 180 Å². The van der Waals surface area contributed by atoms with Crippen LogP contribution in [0.5, 0.6) is 0 Å². The molecule has 1 aliphatic rings. The molecule has 1 aliphatic carbocycles. The molecule has 2 N–H and O–H groups in total. The lowest BCUT2D eigenvalue weighted by atomic mass is 10.2. The molecule has 2 amide bonds. The highest BCUT2D eigenvalue weighted by Crippen LogP contribution is 2.22. The molecule has 1 fully saturated rings. The van der Waals surface area contributed by atoms with Crippen molar-refractivity contribution in [3.63, 3.8) is 0 Å². The Morgan fingerprint density at radius 1 is 1.07 bits per heavy atom. The van der Waals surface area contributed by atoms with E-state index >= 15 is 0 Å². The molecular formula is C19H16Cl2N6O3. The van der Waals surface area contributed by atoms with Crippen molar-refractivity contribution in [1.82, 2.24) is 25.1 Å². The lowest BCUT2D eigenvalue weighted by molar-refractivity contribution is -0.122. The van der Waals surface area contributed by atoms with Gasteiger partial charge >= 0.3 is 5.69 Å². The van der Waals surface area contributed by atoms with Gasteiger partial charge in [-0.15, -0.1) is 0 Å². The summed E-state index contributed by atoms with van der Waals surface area (Å²) in [6.07, 6.45) is 1.92. The van der Waals surface area contributed by atoms with Crippen LogP contribution in [0.25, 0.3) is 5.69 Å². The molecule has 1 saturated carbocycles. The summed E-state index contributed by atoms with van der Waals surface area (Å²) in [5.41, 5.74) is 0.636. The Hall–Kier alpha value is -3.17. The second-order valence-electron chi connectivity index (χ2n) is 6.80. The fourth-order valence-electron chi connectivity index (χ4n) is 2.73. The molecule has 0 spiro atoms. The number of benzene rings is 2. The largest absolute Gasteiger partial charge is 0.368 e. The first-order chi connectivity index (χ1) is 14.4. The Morgan fingerprint density at radius 2 is 1.80 bits per heavy atom. The van der Waals surface area contributed by atoms with Crippen molar-refractivity contribution in [3.8, 4) is 5.69 Å². The van der Waals surface area contributed by atoms with Gasteiger partial charge in [0.05, 0.1) is 16.3 Å². The Kier molecular flexibility index (Phi) is 5.56. The molecule has 154 valence electrons. The summed E-state index contributed by atoms with van der Waals surface area (Å²) >= 11 is 12.0. The van der Waals surface area contributed by atoms with Gasteiger partial charge in [0, 0.05) is 16.8 Å². The first-order valence-corrected chi connectivity index (χ1v) is 9.85. The van der Waals surface area contributed by atoms with Gasteiger partial charge in [-0.1, -0.05) is 23.2 Å². The summed E-state index contributed by atoms with van der Waals surface area (Å²) in [6.45, 7) is -0.191.